The fraction of sp³-hybridized carbons (Fsp3) is 0.118. The van der Waals surface area contributed by atoms with Gasteiger partial charge in [-0.2, -0.15) is 0 Å². The van der Waals surface area contributed by atoms with Crippen LogP contribution in [0.1, 0.15) is 12.0 Å². The van der Waals surface area contributed by atoms with Crippen LogP contribution in [0.5, 0.6) is 0 Å². The van der Waals surface area contributed by atoms with Gasteiger partial charge in [-0.3, -0.25) is 4.79 Å². The van der Waals surface area contributed by atoms with E-state index >= 15 is 0 Å². The number of aromatic amines is 1. The lowest BCUT2D eigenvalue weighted by molar-refractivity contribution is -0.116. The van der Waals surface area contributed by atoms with Crippen molar-refractivity contribution in [1.29, 1.82) is 0 Å². The number of carbonyl (C=O) groups excluding carboxylic acids is 1. The van der Waals surface area contributed by atoms with Crippen LogP contribution >= 0.6 is 0 Å². The highest BCUT2D eigenvalue weighted by atomic mass is 19.2. The third-order valence-electron chi connectivity index (χ3n) is 3.61. The standard InChI is InChI=1S/C17H13F3N2O/c18-12-6-7-14(17(20)16(12)19)22-15(23)8-5-10-9-21-13-4-2-1-3-11(10)13/h1-4,6-7,9,21H,5,8H2,(H,22,23). The molecule has 3 rings (SSSR count). The first-order valence-electron chi connectivity index (χ1n) is 7.04. The van der Waals surface area contributed by atoms with Crippen molar-refractivity contribution in [3.63, 3.8) is 0 Å². The van der Waals surface area contributed by atoms with E-state index in [9.17, 15) is 18.0 Å². The lowest BCUT2D eigenvalue weighted by Gasteiger charge is -2.07. The normalized spacial score (nSPS) is 10.9. The Hall–Kier alpha value is -2.76. The van der Waals surface area contributed by atoms with Crippen LogP contribution in [0.4, 0.5) is 18.9 Å². The van der Waals surface area contributed by atoms with Crippen molar-refractivity contribution >= 4 is 22.5 Å². The van der Waals surface area contributed by atoms with E-state index in [1.165, 1.54) is 0 Å². The third-order valence-corrected chi connectivity index (χ3v) is 3.61. The molecule has 0 aliphatic rings. The summed E-state index contributed by atoms with van der Waals surface area (Å²) in [6, 6.07) is 9.44. The summed E-state index contributed by atoms with van der Waals surface area (Å²) in [6.07, 6.45) is 2.36. The molecule has 2 aromatic carbocycles. The number of amides is 1. The maximum atomic E-state index is 13.5. The molecule has 118 valence electrons. The Morgan fingerprint density at radius 1 is 1.04 bits per heavy atom. The van der Waals surface area contributed by atoms with Crippen molar-refractivity contribution in [3.8, 4) is 0 Å². The van der Waals surface area contributed by atoms with Gasteiger partial charge in [-0.1, -0.05) is 18.2 Å². The number of anilines is 1. The average Bonchev–Trinajstić information content (AvgIpc) is 2.97. The molecule has 0 aliphatic carbocycles. The molecule has 3 nitrogen and oxygen atoms in total. The van der Waals surface area contributed by atoms with Crippen LogP contribution in [0.2, 0.25) is 0 Å². The molecular formula is C17H13F3N2O. The fourth-order valence-corrected chi connectivity index (χ4v) is 2.42. The van der Waals surface area contributed by atoms with Gasteiger partial charge in [-0.25, -0.2) is 13.2 Å². The number of fused-ring (bicyclic) bond motifs is 1. The number of carbonyl (C=O) groups is 1. The van der Waals surface area contributed by atoms with Crippen LogP contribution in [0.25, 0.3) is 10.9 Å². The van der Waals surface area contributed by atoms with E-state index in [0.717, 1.165) is 28.6 Å². The van der Waals surface area contributed by atoms with Gasteiger partial charge in [-0.15, -0.1) is 0 Å². The molecule has 0 saturated carbocycles. The van der Waals surface area contributed by atoms with E-state index in [4.69, 9.17) is 0 Å². The largest absolute Gasteiger partial charge is 0.361 e. The van der Waals surface area contributed by atoms with Gasteiger partial charge in [0.25, 0.3) is 0 Å². The molecule has 0 bridgehead atoms. The molecule has 3 aromatic rings. The van der Waals surface area contributed by atoms with E-state index < -0.39 is 23.4 Å². The van der Waals surface area contributed by atoms with Gasteiger partial charge in [0.1, 0.15) is 0 Å². The second-order valence-electron chi connectivity index (χ2n) is 5.13. The second-order valence-corrected chi connectivity index (χ2v) is 5.13. The van der Waals surface area contributed by atoms with E-state index in [2.05, 4.69) is 10.3 Å². The first-order valence-corrected chi connectivity index (χ1v) is 7.04. The summed E-state index contributed by atoms with van der Waals surface area (Å²) < 4.78 is 39.5. The van der Waals surface area contributed by atoms with Crippen LogP contribution in [-0.4, -0.2) is 10.9 Å². The summed E-state index contributed by atoms with van der Waals surface area (Å²) in [5.74, 6) is -4.76. The quantitative estimate of drug-likeness (QED) is 0.697. The smallest absolute Gasteiger partial charge is 0.224 e. The number of hydrogen-bond acceptors (Lipinski definition) is 1. The number of rotatable bonds is 4. The average molecular weight is 318 g/mol. The summed E-state index contributed by atoms with van der Waals surface area (Å²) in [5.41, 5.74) is 1.56. The number of benzene rings is 2. The van der Waals surface area contributed by atoms with Crippen LogP contribution in [0.3, 0.4) is 0 Å². The summed E-state index contributed by atoms with van der Waals surface area (Å²) in [6.45, 7) is 0. The zero-order chi connectivity index (χ0) is 16.4. The second kappa shape index (κ2) is 6.16. The van der Waals surface area contributed by atoms with Crippen LogP contribution in [0.15, 0.2) is 42.6 Å². The lowest BCUT2D eigenvalue weighted by Crippen LogP contribution is -2.14. The number of para-hydroxylation sites is 1. The lowest BCUT2D eigenvalue weighted by atomic mass is 10.1. The van der Waals surface area contributed by atoms with E-state index in [1.54, 1.807) is 0 Å². The molecule has 23 heavy (non-hydrogen) atoms. The number of H-pyrrole nitrogens is 1. The van der Waals surface area contributed by atoms with Gasteiger partial charge in [0.15, 0.2) is 17.5 Å². The summed E-state index contributed by atoms with van der Waals surface area (Å²) in [4.78, 5) is 15.0. The predicted octanol–water partition coefficient (Wildman–Crippen LogP) is 4.16. The van der Waals surface area contributed by atoms with Crippen LogP contribution < -0.4 is 5.32 Å². The predicted molar refractivity (Wildman–Crippen MR) is 81.6 cm³/mol. The molecule has 6 heteroatoms. The Morgan fingerprint density at radius 3 is 2.65 bits per heavy atom. The molecule has 0 saturated heterocycles. The Kier molecular flexibility index (Phi) is 4.06. The highest BCUT2D eigenvalue weighted by Gasteiger charge is 2.15. The Labute approximate surface area is 130 Å². The van der Waals surface area contributed by atoms with E-state index in [0.29, 0.717) is 6.42 Å². The van der Waals surface area contributed by atoms with Gasteiger partial charge >= 0.3 is 0 Å². The zero-order valence-corrected chi connectivity index (χ0v) is 12.0. The number of hydrogen-bond donors (Lipinski definition) is 2. The highest BCUT2D eigenvalue weighted by Crippen LogP contribution is 2.21. The first kappa shape index (κ1) is 15.1. The van der Waals surface area contributed by atoms with Crippen molar-refractivity contribution in [3.05, 3.63) is 65.6 Å². The van der Waals surface area contributed by atoms with Gasteiger partial charge in [-0.05, 0) is 30.2 Å². The van der Waals surface area contributed by atoms with Crippen molar-refractivity contribution in [1.82, 2.24) is 4.98 Å². The van der Waals surface area contributed by atoms with Crippen LogP contribution in [-0.2, 0) is 11.2 Å². The van der Waals surface area contributed by atoms with Crippen molar-refractivity contribution in [2.45, 2.75) is 12.8 Å². The molecule has 0 aliphatic heterocycles. The minimum absolute atomic E-state index is 0.0975. The minimum Gasteiger partial charge on any atom is -0.361 e. The molecule has 0 spiro atoms. The zero-order valence-electron chi connectivity index (χ0n) is 12.0. The molecule has 1 aromatic heterocycles. The van der Waals surface area contributed by atoms with Crippen LogP contribution in [0, 0.1) is 17.5 Å². The molecule has 0 atom stereocenters. The third kappa shape index (κ3) is 3.06. The molecule has 0 unspecified atom stereocenters. The van der Waals surface area contributed by atoms with Crippen molar-refractivity contribution in [2.24, 2.45) is 0 Å². The Morgan fingerprint density at radius 2 is 1.83 bits per heavy atom. The molecular weight excluding hydrogens is 305 g/mol. The maximum Gasteiger partial charge on any atom is 0.224 e. The number of halogens is 3. The molecule has 1 amide bonds. The highest BCUT2D eigenvalue weighted by molar-refractivity contribution is 5.91. The van der Waals surface area contributed by atoms with Gasteiger partial charge in [0, 0.05) is 23.5 Å². The van der Waals surface area contributed by atoms with Gasteiger partial charge in [0.05, 0.1) is 5.69 Å². The number of nitrogens with one attached hydrogen (secondary N) is 2. The van der Waals surface area contributed by atoms with Gasteiger partial charge < -0.3 is 10.3 Å². The molecule has 0 radical (unpaired) electrons. The monoisotopic (exact) mass is 318 g/mol. The molecule has 1 heterocycles. The summed E-state index contributed by atoms with van der Waals surface area (Å²) >= 11 is 0. The molecule has 2 N–H and O–H groups in total. The minimum atomic E-state index is -1.60. The van der Waals surface area contributed by atoms with E-state index in [-0.39, 0.29) is 12.1 Å². The molecule has 0 fully saturated rings. The Balaban J connectivity index is 1.67. The topological polar surface area (TPSA) is 44.9 Å². The maximum absolute atomic E-state index is 13.5. The van der Waals surface area contributed by atoms with E-state index in [1.807, 2.05) is 30.5 Å². The van der Waals surface area contributed by atoms with Gasteiger partial charge in [0.2, 0.25) is 5.91 Å². The van der Waals surface area contributed by atoms with Crippen molar-refractivity contribution in [2.75, 3.05) is 5.32 Å². The summed E-state index contributed by atoms with van der Waals surface area (Å²) in [7, 11) is 0. The van der Waals surface area contributed by atoms with Crippen molar-refractivity contribution < 1.29 is 18.0 Å². The first-order chi connectivity index (χ1) is 11.1. The number of aromatic nitrogens is 1. The SMILES string of the molecule is O=C(CCc1c[nH]c2ccccc12)Nc1ccc(F)c(F)c1F. The Bertz CT molecular complexity index is 873. The number of aryl methyl sites for hydroxylation is 1. The summed E-state index contributed by atoms with van der Waals surface area (Å²) in [5, 5.41) is 3.27. The fourth-order valence-electron chi connectivity index (χ4n) is 2.42.